The number of carbonyl (C=O) groups is 1. The Labute approximate surface area is 130 Å². The molecule has 0 amide bonds. The minimum absolute atomic E-state index is 0.284. The van der Waals surface area contributed by atoms with E-state index in [4.69, 9.17) is 16.3 Å². The molecule has 0 aliphatic rings. The van der Waals surface area contributed by atoms with Crippen molar-refractivity contribution in [2.24, 2.45) is 0 Å². The standard InChI is InChI=1S/C18H19ClO2/c1-2-6-15-9-10-16(11-17(15)12-19)18(20)21-13-14-7-4-3-5-8-14/h3-5,7-11H,2,6,12-13H2,1H3. The summed E-state index contributed by atoms with van der Waals surface area (Å²) in [6.07, 6.45) is 2.03. The van der Waals surface area contributed by atoms with Gasteiger partial charge in [0.15, 0.2) is 0 Å². The first-order valence-electron chi connectivity index (χ1n) is 7.13. The number of aryl methyl sites for hydroxylation is 1. The fourth-order valence-corrected chi connectivity index (χ4v) is 2.45. The highest BCUT2D eigenvalue weighted by atomic mass is 35.5. The van der Waals surface area contributed by atoms with Gasteiger partial charge in [-0.1, -0.05) is 49.7 Å². The van der Waals surface area contributed by atoms with Crippen molar-refractivity contribution in [2.45, 2.75) is 32.3 Å². The molecular formula is C18H19ClO2. The fraction of sp³-hybridized carbons (Fsp3) is 0.278. The molecule has 0 aromatic heterocycles. The van der Waals surface area contributed by atoms with E-state index in [2.05, 4.69) is 6.92 Å². The number of ether oxygens (including phenoxy) is 1. The molecule has 0 N–H and O–H groups in total. The van der Waals surface area contributed by atoms with Crippen molar-refractivity contribution in [3.63, 3.8) is 0 Å². The van der Waals surface area contributed by atoms with Gasteiger partial charge >= 0.3 is 5.97 Å². The summed E-state index contributed by atoms with van der Waals surface area (Å²) in [4.78, 5) is 12.1. The van der Waals surface area contributed by atoms with E-state index in [1.54, 1.807) is 0 Å². The Morgan fingerprint density at radius 1 is 1.10 bits per heavy atom. The van der Waals surface area contributed by atoms with E-state index in [1.165, 1.54) is 5.56 Å². The molecule has 110 valence electrons. The van der Waals surface area contributed by atoms with Gasteiger partial charge in [-0.2, -0.15) is 0 Å². The third kappa shape index (κ3) is 4.33. The highest BCUT2D eigenvalue weighted by Crippen LogP contribution is 2.17. The smallest absolute Gasteiger partial charge is 0.338 e. The lowest BCUT2D eigenvalue weighted by atomic mass is 10.0. The van der Waals surface area contributed by atoms with Crippen molar-refractivity contribution in [2.75, 3.05) is 0 Å². The average Bonchev–Trinajstić information content (AvgIpc) is 2.54. The monoisotopic (exact) mass is 302 g/mol. The van der Waals surface area contributed by atoms with Gasteiger partial charge in [0.05, 0.1) is 5.56 Å². The minimum Gasteiger partial charge on any atom is -0.457 e. The van der Waals surface area contributed by atoms with Crippen molar-refractivity contribution in [1.29, 1.82) is 0 Å². The molecule has 0 aliphatic heterocycles. The maximum absolute atomic E-state index is 12.1. The molecule has 2 aromatic rings. The molecule has 0 saturated carbocycles. The van der Waals surface area contributed by atoms with Crippen LogP contribution in [-0.4, -0.2) is 5.97 Å². The molecule has 0 radical (unpaired) electrons. The predicted octanol–water partition coefficient (Wildman–Crippen LogP) is 4.73. The molecule has 0 saturated heterocycles. The quantitative estimate of drug-likeness (QED) is 0.569. The summed E-state index contributed by atoms with van der Waals surface area (Å²) in [5, 5.41) is 0. The zero-order valence-corrected chi connectivity index (χ0v) is 12.9. The molecule has 0 heterocycles. The Hall–Kier alpha value is -1.80. The van der Waals surface area contributed by atoms with Crippen LogP contribution in [0, 0.1) is 0 Å². The Kier molecular flexibility index (Phi) is 5.82. The van der Waals surface area contributed by atoms with Crippen LogP contribution in [0.3, 0.4) is 0 Å². The number of benzene rings is 2. The summed E-state index contributed by atoms with van der Waals surface area (Å²) < 4.78 is 5.33. The van der Waals surface area contributed by atoms with E-state index in [0.29, 0.717) is 11.4 Å². The highest BCUT2D eigenvalue weighted by Gasteiger charge is 2.10. The minimum atomic E-state index is -0.312. The molecule has 2 aromatic carbocycles. The first-order valence-corrected chi connectivity index (χ1v) is 7.67. The molecule has 3 heteroatoms. The summed E-state index contributed by atoms with van der Waals surface area (Å²) in [5.41, 5.74) is 3.74. The van der Waals surface area contributed by atoms with Crippen molar-refractivity contribution < 1.29 is 9.53 Å². The lowest BCUT2D eigenvalue weighted by Gasteiger charge is -2.09. The lowest BCUT2D eigenvalue weighted by Crippen LogP contribution is -2.06. The molecule has 0 fully saturated rings. The summed E-state index contributed by atoms with van der Waals surface area (Å²) in [6, 6.07) is 15.3. The van der Waals surface area contributed by atoms with E-state index < -0.39 is 0 Å². The predicted molar refractivity (Wildman–Crippen MR) is 85.6 cm³/mol. The van der Waals surface area contributed by atoms with Gasteiger partial charge in [-0.25, -0.2) is 4.79 Å². The van der Waals surface area contributed by atoms with Crippen LogP contribution in [0.25, 0.3) is 0 Å². The van der Waals surface area contributed by atoms with Gasteiger partial charge in [0, 0.05) is 5.88 Å². The zero-order chi connectivity index (χ0) is 15.1. The van der Waals surface area contributed by atoms with Gasteiger partial charge in [0.2, 0.25) is 0 Å². The average molecular weight is 303 g/mol. The molecule has 0 spiro atoms. The normalized spacial score (nSPS) is 10.4. The molecular weight excluding hydrogens is 284 g/mol. The van der Waals surface area contributed by atoms with Gasteiger partial charge < -0.3 is 4.74 Å². The van der Waals surface area contributed by atoms with Crippen molar-refractivity contribution in [3.8, 4) is 0 Å². The molecule has 0 atom stereocenters. The number of halogens is 1. The second-order valence-corrected chi connectivity index (χ2v) is 5.20. The van der Waals surface area contributed by atoms with Crippen LogP contribution in [-0.2, 0) is 23.6 Å². The molecule has 0 unspecified atom stereocenters. The molecule has 2 nitrogen and oxygen atoms in total. The third-order valence-corrected chi connectivity index (χ3v) is 3.61. The molecule has 2 rings (SSSR count). The van der Waals surface area contributed by atoms with Crippen LogP contribution < -0.4 is 0 Å². The van der Waals surface area contributed by atoms with Crippen LogP contribution >= 0.6 is 11.6 Å². The van der Waals surface area contributed by atoms with E-state index >= 15 is 0 Å². The maximum atomic E-state index is 12.1. The van der Waals surface area contributed by atoms with Crippen molar-refractivity contribution >= 4 is 17.6 Å². The fourth-order valence-electron chi connectivity index (χ4n) is 2.20. The van der Waals surface area contributed by atoms with E-state index in [9.17, 15) is 4.79 Å². The van der Waals surface area contributed by atoms with Gasteiger partial charge in [-0.3, -0.25) is 0 Å². The second kappa shape index (κ2) is 7.84. The Bertz CT molecular complexity index is 593. The van der Waals surface area contributed by atoms with Crippen molar-refractivity contribution in [1.82, 2.24) is 0 Å². The van der Waals surface area contributed by atoms with Crippen LogP contribution in [0.15, 0.2) is 48.5 Å². The highest BCUT2D eigenvalue weighted by molar-refractivity contribution is 6.17. The summed E-state index contributed by atoms with van der Waals surface area (Å²) in [7, 11) is 0. The lowest BCUT2D eigenvalue weighted by molar-refractivity contribution is 0.0472. The topological polar surface area (TPSA) is 26.3 Å². The first-order chi connectivity index (χ1) is 10.2. The van der Waals surface area contributed by atoms with Gasteiger partial charge in [-0.15, -0.1) is 11.6 Å². The number of rotatable bonds is 6. The number of hydrogen-bond acceptors (Lipinski definition) is 2. The van der Waals surface area contributed by atoms with Gasteiger partial charge in [0.25, 0.3) is 0 Å². The summed E-state index contributed by atoms with van der Waals surface area (Å²) in [6.45, 7) is 2.41. The summed E-state index contributed by atoms with van der Waals surface area (Å²) in [5.74, 6) is 0.100. The SMILES string of the molecule is CCCc1ccc(C(=O)OCc2ccccc2)cc1CCl. The first kappa shape index (κ1) is 15.6. The molecule has 0 aliphatic carbocycles. The molecule has 21 heavy (non-hydrogen) atoms. The van der Waals surface area contributed by atoms with Crippen molar-refractivity contribution in [3.05, 3.63) is 70.8 Å². The van der Waals surface area contributed by atoms with Crippen LogP contribution in [0.5, 0.6) is 0 Å². The van der Waals surface area contributed by atoms with Crippen LogP contribution in [0.4, 0.5) is 0 Å². The number of alkyl halides is 1. The Morgan fingerprint density at radius 2 is 1.86 bits per heavy atom. The number of hydrogen-bond donors (Lipinski definition) is 0. The van der Waals surface area contributed by atoms with E-state index in [1.807, 2.05) is 48.5 Å². The number of carbonyl (C=O) groups excluding carboxylic acids is 1. The Balaban J connectivity index is 2.05. The van der Waals surface area contributed by atoms with Crippen LogP contribution in [0.2, 0.25) is 0 Å². The van der Waals surface area contributed by atoms with Gasteiger partial charge in [0.1, 0.15) is 6.61 Å². The van der Waals surface area contributed by atoms with Gasteiger partial charge in [-0.05, 0) is 35.2 Å². The molecule has 0 bridgehead atoms. The summed E-state index contributed by atoms with van der Waals surface area (Å²) >= 11 is 5.97. The van der Waals surface area contributed by atoms with Crippen LogP contribution in [0.1, 0.15) is 40.4 Å². The zero-order valence-electron chi connectivity index (χ0n) is 12.1. The Morgan fingerprint density at radius 3 is 2.52 bits per heavy atom. The maximum Gasteiger partial charge on any atom is 0.338 e. The number of esters is 1. The second-order valence-electron chi connectivity index (χ2n) is 4.93. The largest absolute Gasteiger partial charge is 0.457 e. The third-order valence-electron chi connectivity index (χ3n) is 3.32. The van der Waals surface area contributed by atoms with E-state index in [0.717, 1.165) is 24.0 Å². The van der Waals surface area contributed by atoms with E-state index in [-0.39, 0.29) is 12.6 Å².